The molecular weight excluding hydrogens is 206 g/mol. The van der Waals surface area contributed by atoms with E-state index in [2.05, 4.69) is 52.2 Å². The van der Waals surface area contributed by atoms with Crippen molar-refractivity contribution in [3.8, 4) is 0 Å². The Morgan fingerprint density at radius 2 is 1.47 bits per heavy atom. The molecule has 96 valence electrons. The lowest BCUT2D eigenvalue weighted by molar-refractivity contribution is 0.566. The molecule has 0 spiro atoms. The Hall–Kier alpha value is -0.820. The van der Waals surface area contributed by atoms with Crippen molar-refractivity contribution in [2.45, 2.75) is 59.4 Å². The first-order valence-electron chi connectivity index (χ1n) is 7.03. The zero-order valence-electron chi connectivity index (χ0n) is 12.1. The predicted octanol–water partition coefficient (Wildman–Crippen LogP) is 4.04. The molecule has 1 atom stereocenters. The smallest absolute Gasteiger partial charge is 0.0320 e. The van der Waals surface area contributed by atoms with Crippen LogP contribution in [0.3, 0.4) is 0 Å². The van der Waals surface area contributed by atoms with Gasteiger partial charge in [-0.1, -0.05) is 39.8 Å². The van der Waals surface area contributed by atoms with Gasteiger partial charge in [0.1, 0.15) is 0 Å². The van der Waals surface area contributed by atoms with Crippen molar-refractivity contribution in [2.24, 2.45) is 0 Å². The molecule has 17 heavy (non-hydrogen) atoms. The van der Waals surface area contributed by atoms with Gasteiger partial charge in [0.15, 0.2) is 0 Å². The third-order valence-electron chi connectivity index (χ3n) is 3.69. The van der Waals surface area contributed by atoms with Gasteiger partial charge < -0.3 is 5.32 Å². The second-order valence-electron chi connectivity index (χ2n) is 4.64. The van der Waals surface area contributed by atoms with Crippen LogP contribution in [0.25, 0.3) is 0 Å². The van der Waals surface area contributed by atoms with Crippen LogP contribution in [0, 0.1) is 0 Å². The first-order chi connectivity index (χ1) is 8.21. The van der Waals surface area contributed by atoms with Crippen LogP contribution in [0.1, 0.15) is 62.4 Å². The molecule has 0 fully saturated rings. The molecule has 1 N–H and O–H groups in total. The van der Waals surface area contributed by atoms with Crippen molar-refractivity contribution in [2.75, 3.05) is 7.05 Å². The number of aryl methyl sites for hydroxylation is 3. The molecule has 1 aromatic carbocycles. The molecule has 0 aliphatic carbocycles. The van der Waals surface area contributed by atoms with E-state index in [9.17, 15) is 0 Å². The lowest BCUT2D eigenvalue weighted by atomic mass is 9.88. The van der Waals surface area contributed by atoms with Crippen molar-refractivity contribution < 1.29 is 0 Å². The van der Waals surface area contributed by atoms with Crippen LogP contribution >= 0.6 is 0 Å². The summed E-state index contributed by atoms with van der Waals surface area (Å²) in [6.07, 6.45) is 4.56. The van der Waals surface area contributed by atoms with Crippen molar-refractivity contribution in [1.82, 2.24) is 5.32 Å². The van der Waals surface area contributed by atoms with Crippen LogP contribution in [-0.2, 0) is 19.3 Å². The Morgan fingerprint density at radius 1 is 0.941 bits per heavy atom. The zero-order valence-corrected chi connectivity index (χ0v) is 12.1. The maximum absolute atomic E-state index is 3.45. The fourth-order valence-corrected chi connectivity index (χ4v) is 2.64. The van der Waals surface area contributed by atoms with Gasteiger partial charge in [0.25, 0.3) is 0 Å². The van der Waals surface area contributed by atoms with Crippen molar-refractivity contribution in [3.05, 3.63) is 34.4 Å². The lowest BCUT2D eigenvalue weighted by Gasteiger charge is -2.23. The van der Waals surface area contributed by atoms with Gasteiger partial charge in [0.05, 0.1) is 0 Å². The molecule has 0 amide bonds. The number of nitrogens with one attached hydrogen (secondary N) is 1. The fourth-order valence-electron chi connectivity index (χ4n) is 2.64. The molecule has 1 nitrogen and oxygen atoms in total. The summed E-state index contributed by atoms with van der Waals surface area (Å²) in [7, 11) is 2.07. The molecule has 0 bridgehead atoms. The Balaban J connectivity index is 3.33. The van der Waals surface area contributed by atoms with E-state index < -0.39 is 0 Å². The Kier molecular flexibility index (Phi) is 5.70. The minimum Gasteiger partial charge on any atom is -0.313 e. The average Bonchev–Trinajstić information content (AvgIpc) is 2.39. The summed E-state index contributed by atoms with van der Waals surface area (Å²) in [6.45, 7) is 9.03. The van der Waals surface area contributed by atoms with Gasteiger partial charge in [-0.3, -0.25) is 0 Å². The monoisotopic (exact) mass is 233 g/mol. The number of rotatable bonds is 6. The van der Waals surface area contributed by atoms with Crippen LogP contribution in [0.2, 0.25) is 0 Å². The topological polar surface area (TPSA) is 12.0 Å². The van der Waals surface area contributed by atoms with Gasteiger partial charge in [-0.25, -0.2) is 0 Å². The highest BCUT2D eigenvalue weighted by Gasteiger charge is 2.15. The highest BCUT2D eigenvalue weighted by atomic mass is 14.9. The van der Waals surface area contributed by atoms with Gasteiger partial charge in [-0.05, 0) is 55.0 Å². The number of hydrogen-bond donors (Lipinski definition) is 1. The van der Waals surface area contributed by atoms with Crippen LogP contribution in [0.15, 0.2) is 12.1 Å². The number of benzene rings is 1. The second-order valence-corrected chi connectivity index (χ2v) is 4.64. The molecule has 0 saturated heterocycles. The van der Waals surface area contributed by atoms with Gasteiger partial charge in [0, 0.05) is 6.04 Å². The summed E-state index contributed by atoms with van der Waals surface area (Å²) < 4.78 is 0. The van der Waals surface area contributed by atoms with Gasteiger partial charge in [0.2, 0.25) is 0 Å². The highest BCUT2D eigenvalue weighted by Crippen LogP contribution is 2.27. The molecule has 0 heterocycles. The number of hydrogen-bond acceptors (Lipinski definition) is 1. The average molecular weight is 233 g/mol. The van der Waals surface area contributed by atoms with E-state index in [-0.39, 0.29) is 0 Å². The maximum Gasteiger partial charge on any atom is 0.0320 e. The zero-order chi connectivity index (χ0) is 12.8. The van der Waals surface area contributed by atoms with Crippen LogP contribution in [0.5, 0.6) is 0 Å². The normalized spacial score (nSPS) is 12.8. The molecule has 0 saturated carbocycles. The van der Waals surface area contributed by atoms with E-state index in [4.69, 9.17) is 0 Å². The molecule has 0 aliphatic rings. The summed E-state index contributed by atoms with van der Waals surface area (Å²) in [4.78, 5) is 0. The molecule has 0 aliphatic heterocycles. The third-order valence-corrected chi connectivity index (χ3v) is 3.69. The first kappa shape index (κ1) is 14.2. The minimum absolute atomic E-state index is 0.505. The molecule has 1 heteroatoms. The molecular formula is C16H27N. The minimum atomic E-state index is 0.505. The van der Waals surface area contributed by atoms with E-state index in [1.54, 1.807) is 5.56 Å². The van der Waals surface area contributed by atoms with E-state index in [1.807, 2.05) is 0 Å². The fraction of sp³-hybridized carbons (Fsp3) is 0.625. The predicted molar refractivity (Wildman–Crippen MR) is 76.7 cm³/mol. The first-order valence-corrected chi connectivity index (χ1v) is 7.03. The molecule has 0 aromatic heterocycles. The Labute approximate surface area is 107 Å². The van der Waals surface area contributed by atoms with Crippen LogP contribution < -0.4 is 5.32 Å². The molecule has 1 unspecified atom stereocenters. The van der Waals surface area contributed by atoms with Gasteiger partial charge in [-0.2, -0.15) is 0 Å². The second kappa shape index (κ2) is 6.80. The summed E-state index contributed by atoms with van der Waals surface area (Å²) in [5, 5.41) is 3.45. The quantitative estimate of drug-likeness (QED) is 0.782. The van der Waals surface area contributed by atoms with Crippen LogP contribution in [-0.4, -0.2) is 7.05 Å². The van der Waals surface area contributed by atoms with Crippen molar-refractivity contribution in [1.29, 1.82) is 0 Å². The molecule has 1 aromatic rings. The maximum atomic E-state index is 3.45. The van der Waals surface area contributed by atoms with Gasteiger partial charge in [-0.15, -0.1) is 0 Å². The van der Waals surface area contributed by atoms with E-state index in [0.717, 1.165) is 25.7 Å². The van der Waals surface area contributed by atoms with Crippen molar-refractivity contribution >= 4 is 0 Å². The van der Waals surface area contributed by atoms with E-state index in [0.29, 0.717) is 6.04 Å². The van der Waals surface area contributed by atoms with E-state index >= 15 is 0 Å². The Bertz CT molecular complexity index is 326. The summed E-state index contributed by atoms with van der Waals surface area (Å²) >= 11 is 0. The lowest BCUT2D eigenvalue weighted by Crippen LogP contribution is -2.19. The Morgan fingerprint density at radius 3 is 1.76 bits per heavy atom. The van der Waals surface area contributed by atoms with Gasteiger partial charge >= 0.3 is 0 Å². The third kappa shape index (κ3) is 3.10. The highest BCUT2D eigenvalue weighted by molar-refractivity contribution is 5.41. The summed E-state index contributed by atoms with van der Waals surface area (Å²) in [6, 6.07) is 5.30. The summed E-state index contributed by atoms with van der Waals surface area (Å²) in [5.41, 5.74) is 6.09. The molecule has 1 rings (SSSR count). The SMILES string of the molecule is CCc1cc(CC)c(C(CC)NC)c(CC)c1. The van der Waals surface area contributed by atoms with Crippen molar-refractivity contribution in [3.63, 3.8) is 0 Å². The van der Waals surface area contributed by atoms with E-state index in [1.165, 1.54) is 16.7 Å². The largest absolute Gasteiger partial charge is 0.313 e. The molecule has 0 radical (unpaired) electrons. The standard InChI is InChI=1S/C16H27N/c1-6-12-10-13(7-2)16(14(8-3)11-12)15(9-4)17-5/h10-11,15,17H,6-9H2,1-5H3. The summed E-state index contributed by atoms with van der Waals surface area (Å²) in [5.74, 6) is 0. The van der Waals surface area contributed by atoms with Crippen LogP contribution in [0.4, 0.5) is 0 Å².